The first-order chi connectivity index (χ1) is 14.7. The SMILES string of the molecule is COc1ccc(C2=NN3C4=CC=CCC4C(=O)CC3(C#Cc3ccccc3)C2)cc1. The van der Waals surface area contributed by atoms with Crippen molar-refractivity contribution in [2.45, 2.75) is 24.8 Å². The molecule has 0 aromatic heterocycles. The molecule has 0 spiro atoms. The quantitative estimate of drug-likeness (QED) is 0.712. The van der Waals surface area contributed by atoms with Gasteiger partial charge in [0.1, 0.15) is 17.1 Å². The Bertz CT molecular complexity index is 1130. The van der Waals surface area contributed by atoms with Crippen molar-refractivity contribution in [3.05, 3.63) is 89.6 Å². The molecule has 0 bridgehead atoms. The van der Waals surface area contributed by atoms with Gasteiger partial charge in [-0.25, -0.2) is 5.01 Å². The number of nitrogens with zero attached hydrogens (tertiary/aromatic N) is 2. The topological polar surface area (TPSA) is 41.9 Å². The number of allylic oxidation sites excluding steroid dienone is 4. The number of Topliss-reactive ketones (excluding diaryl/α,β-unsaturated/α-hetero) is 1. The maximum atomic E-state index is 13.1. The lowest BCUT2D eigenvalue weighted by Gasteiger charge is -2.42. The van der Waals surface area contributed by atoms with Crippen LogP contribution in [0.4, 0.5) is 0 Å². The number of carbonyl (C=O) groups is 1. The smallest absolute Gasteiger partial charge is 0.145 e. The molecular weight excluding hydrogens is 372 g/mol. The summed E-state index contributed by atoms with van der Waals surface area (Å²) in [6.45, 7) is 0. The van der Waals surface area contributed by atoms with Crippen molar-refractivity contribution in [1.29, 1.82) is 0 Å². The fraction of sp³-hybridized carbons (Fsp3) is 0.231. The van der Waals surface area contributed by atoms with Crippen LogP contribution in [0.15, 0.2) is 83.6 Å². The number of rotatable bonds is 2. The Kier molecular flexibility index (Phi) is 4.52. The lowest BCUT2D eigenvalue weighted by molar-refractivity contribution is -0.126. The zero-order valence-corrected chi connectivity index (χ0v) is 16.8. The zero-order valence-electron chi connectivity index (χ0n) is 16.8. The molecule has 5 rings (SSSR count). The molecule has 4 nitrogen and oxygen atoms in total. The van der Waals surface area contributed by atoms with Gasteiger partial charge in [-0.1, -0.05) is 42.2 Å². The first kappa shape index (κ1) is 18.4. The van der Waals surface area contributed by atoms with Gasteiger partial charge in [-0.2, -0.15) is 5.10 Å². The number of piperidine rings is 1. The monoisotopic (exact) mass is 394 g/mol. The van der Waals surface area contributed by atoms with Gasteiger partial charge < -0.3 is 4.74 Å². The van der Waals surface area contributed by atoms with Crippen molar-refractivity contribution < 1.29 is 9.53 Å². The summed E-state index contributed by atoms with van der Waals surface area (Å²) in [5.74, 6) is 7.68. The minimum Gasteiger partial charge on any atom is -0.497 e. The van der Waals surface area contributed by atoms with Crippen molar-refractivity contribution in [3.8, 4) is 17.6 Å². The van der Waals surface area contributed by atoms with Crippen LogP contribution in [-0.2, 0) is 4.79 Å². The summed E-state index contributed by atoms with van der Waals surface area (Å²) in [6.07, 6.45) is 7.81. The number of carbonyl (C=O) groups excluding carboxylic acids is 1. The summed E-state index contributed by atoms with van der Waals surface area (Å²) < 4.78 is 5.28. The van der Waals surface area contributed by atoms with Crippen LogP contribution >= 0.6 is 0 Å². The molecule has 4 heteroatoms. The molecule has 148 valence electrons. The van der Waals surface area contributed by atoms with Crippen LogP contribution in [0, 0.1) is 17.8 Å². The second-order valence-corrected chi connectivity index (χ2v) is 7.86. The number of benzene rings is 2. The van der Waals surface area contributed by atoms with Gasteiger partial charge in [0.05, 0.1) is 18.7 Å². The molecule has 2 aromatic rings. The fourth-order valence-electron chi connectivity index (χ4n) is 4.38. The van der Waals surface area contributed by atoms with Gasteiger partial charge in [0, 0.05) is 24.1 Å². The lowest BCUT2D eigenvalue weighted by Crippen LogP contribution is -2.51. The van der Waals surface area contributed by atoms with Crippen molar-refractivity contribution in [1.82, 2.24) is 5.01 Å². The van der Waals surface area contributed by atoms with Crippen LogP contribution in [0.25, 0.3) is 0 Å². The maximum Gasteiger partial charge on any atom is 0.145 e. The van der Waals surface area contributed by atoms with E-state index in [1.165, 1.54) is 0 Å². The Labute approximate surface area is 176 Å². The van der Waals surface area contributed by atoms with Crippen molar-refractivity contribution in [2.24, 2.45) is 11.0 Å². The number of methoxy groups -OCH3 is 1. The third-order valence-electron chi connectivity index (χ3n) is 5.95. The molecule has 0 radical (unpaired) electrons. The van der Waals surface area contributed by atoms with E-state index in [4.69, 9.17) is 9.84 Å². The standard InChI is InChI=1S/C26H22N2O2/c1-30-21-13-11-20(12-14-21)23-17-26(16-15-19-7-3-2-4-8-19)18-25(29)22-9-5-6-10-24(22)28(26)27-23/h2-8,10-14,22H,9,17-18H2,1H3. The maximum absolute atomic E-state index is 13.1. The molecule has 1 fully saturated rings. The Morgan fingerprint density at radius 1 is 1.10 bits per heavy atom. The highest BCUT2D eigenvalue weighted by atomic mass is 16.5. The van der Waals surface area contributed by atoms with Crippen LogP contribution < -0.4 is 4.74 Å². The van der Waals surface area contributed by atoms with E-state index in [2.05, 4.69) is 17.9 Å². The summed E-state index contributed by atoms with van der Waals surface area (Å²) in [7, 11) is 1.66. The predicted octanol–water partition coefficient (Wildman–Crippen LogP) is 4.33. The molecule has 2 heterocycles. The summed E-state index contributed by atoms with van der Waals surface area (Å²) in [4.78, 5) is 13.1. The molecule has 0 saturated carbocycles. The van der Waals surface area contributed by atoms with E-state index < -0.39 is 5.54 Å². The van der Waals surface area contributed by atoms with Crippen LogP contribution in [0.1, 0.15) is 30.4 Å². The summed E-state index contributed by atoms with van der Waals surface area (Å²) in [6, 6.07) is 17.8. The van der Waals surface area contributed by atoms with E-state index in [-0.39, 0.29) is 11.7 Å². The predicted molar refractivity (Wildman–Crippen MR) is 117 cm³/mol. The summed E-state index contributed by atoms with van der Waals surface area (Å²) in [5.41, 5.74) is 3.23. The summed E-state index contributed by atoms with van der Waals surface area (Å²) in [5, 5.41) is 7.02. The Balaban J connectivity index is 1.58. The molecule has 1 aliphatic carbocycles. The van der Waals surface area contributed by atoms with Gasteiger partial charge in [0.15, 0.2) is 0 Å². The van der Waals surface area contributed by atoms with Gasteiger partial charge >= 0.3 is 0 Å². The first-order valence-electron chi connectivity index (χ1n) is 10.2. The molecule has 2 unspecified atom stereocenters. The average molecular weight is 394 g/mol. The van der Waals surface area contributed by atoms with Gasteiger partial charge in [0.25, 0.3) is 0 Å². The van der Waals surface area contributed by atoms with E-state index in [0.29, 0.717) is 12.8 Å². The molecule has 0 amide bonds. The van der Waals surface area contributed by atoms with Crippen molar-refractivity contribution in [2.75, 3.05) is 7.11 Å². The third kappa shape index (κ3) is 3.13. The normalized spacial score (nSPS) is 24.2. The second kappa shape index (κ2) is 7.35. The number of hydrogen-bond acceptors (Lipinski definition) is 4. The number of ketones is 1. The number of hydrazone groups is 1. The van der Waals surface area contributed by atoms with E-state index in [1.54, 1.807) is 7.11 Å². The zero-order chi connectivity index (χ0) is 20.6. The molecule has 3 aliphatic rings. The summed E-state index contributed by atoms with van der Waals surface area (Å²) >= 11 is 0. The van der Waals surface area contributed by atoms with Crippen LogP contribution in [-0.4, -0.2) is 29.2 Å². The van der Waals surface area contributed by atoms with E-state index in [0.717, 1.165) is 34.7 Å². The van der Waals surface area contributed by atoms with E-state index >= 15 is 0 Å². The average Bonchev–Trinajstić information content (AvgIpc) is 3.19. The van der Waals surface area contributed by atoms with E-state index in [9.17, 15) is 4.79 Å². The molecule has 2 aromatic carbocycles. The number of fused-ring (bicyclic) bond motifs is 3. The fourth-order valence-corrected chi connectivity index (χ4v) is 4.38. The number of ether oxygens (including phenoxy) is 1. The van der Waals surface area contributed by atoms with Crippen LogP contribution in [0.5, 0.6) is 5.75 Å². The van der Waals surface area contributed by atoms with Crippen molar-refractivity contribution in [3.63, 3.8) is 0 Å². The third-order valence-corrected chi connectivity index (χ3v) is 5.95. The van der Waals surface area contributed by atoms with E-state index in [1.807, 2.05) is 71.8 Å². The molecule has 2 aliphatic heterocycles. The number of hydrogen-bond donors (Lipinski definition) is 0. The van der Waals surface area contributed by atoms with Crippen LogP contribution in [0.3, 0.4) is 0 Å². The minimum absolute atomic E-state index is 0.124. The highest BCUT2D eigenvalue weighted by molar-refractivity contribution is 6.04. The molecule has 0 N–H and O–H groups in total. The highest BCUT2D eigenvalue weighted by Crippen LogP contribution is 2.45. The van der Waals surface area contributed by atoms with Crippen LogP contribution in [0.2, 0.25) is 0 Å². The Hall–Kier alpha value is -3.58. The highest BCUT2D eigenvalue weighted by Gasteiger charge is 2.51. The first-order valence-corrected chi connectivity index (χ1v) is 10.2. The van der Waals surface area contributed by atoms with Gasteiger partial charge in [-0.3, -0.25) is 4.79 Å². The van der Waals surface area contributed by atoms with Gasteiger partial charge in [-0.15, -0.1) is 0 Å². The molecule has 1 saturated heterocycles. The van der Waals surface area contributed by atoms with Gasteiger partial charge in [-0.05, 0) is 54.5 Å². The lowest BCUT2D eigenvalue weighted by atomic mass is 9.76. The molecule has 2 atom stereocenters. The van der Waals surface area contributed by atoms with Gasteiger partial charge in [0.2, 0.25) is 0 Å². The minimum atomic E-state index is -0.643. The largest absolute Gasteiger partial charge is 0.497 e. The Morgan fingerprint density at radius 2 is 1.90 bits per heavy atom. The van der Waals surface area contributed by atoms with Crippen molar-refractivity contribution >= 4 is 11.5 Å². The Morgan fingerprint density at radius 3 is 2.67 bits per heavy atom. The molecular formula is C26H22N2O2. The second-order valence-electron chi connectivity index (χ2n) is 7.86. The molecule has 30 heavy (non-hydrogen) atoms.